The lowest BCUT2D eigenvalue weighted by Crippen LogP contribution is -2.23. The van der Waals surface area contributed by atoms with Crippen molar-refractivity contribution in [3.63, 3.8) is 0 Å². The topological polar surface area (TPSA) is 103 Å². The van der Waals surface area contributed by atoms with E-state index in [1.807, 2.05) is 37.4 Å². The Hall–Kier alpha value is -2.91. The molecule has 0 unspecified atom stereocenters. The number of methoxy groups -OCH3 is 1. The van der Waals surface area contributed by atoms with E-state index in [-0.39, 0.29) is 5.75 Å². The summed E-state index contributed by atoms with van der Waals surface area (Å²) in [4.78, 5) is 5.84. The van der Waals surface area contributed by atoms with E-state index >= 15 is 0 Å². The summed E-state index contributed by atoms with van der Waals surface area (Å²) in [6, 6.07) is 16.5. The van der Waals surface area contributed by atoms with Gasteiger partial charge in [-0.15, -0.1) is 5.06 Å². The minimum Gasteiger partial charge on any atom is -0.508 e. The van der Waals surface area contributed by atoms with Gasteiger partial charge in [0.1, 0.15) is 11.5 Å². The van der Waals surface area contributed by atoms with Crippen LogP contribution in [0.25, 0.3) is 0 Å². The first-order valence-electron chi connectivity index (χ1n) is 10.2. The highest BCUT2D eigenvalue weighted by molar-refractivity contribution is 5.28. The summed E-state index contributed by atoms with van der Waals surface area (Å²) < 4.78 is 5.07. The first-order valence-corrected chi connectivity index (χ1v) is 10.2. The summed E-state index contributed by atoms with van der Waals surface area (Å²) in [6.07, 6.45) is 0.238. The maximum absolute atomic E-state index is 10.2. The van der Waals surface area contributed by atoms with Crippen molar-refractivity contribution in [1.82, 2.24) is 20.6 Å². The van der Waals surface area contributed by atoms with Gasteiger partial charge >= 0.3 is 0 Å². The molecule has 31 heavy (non-hydrogen) atoms. The zero-order valence-electron chi connectivity index (χ0n) is 17.9. The number of H-pyrrole nitrogens is 1. The average molecular weight is 427 g/mol. The van der Waals surface area contributed by atoms with Crippen LogP contribution in [-0.4, -0.2) is 52.7 Å². The molecule has 1 heterocycles. The standard InChI is InChI=1S/C23H30N4O4/c1-27(15-19-13-20(16-30-2)26-25-19)31-22-9-3-17(4-10-22)11-12-24-14-23(29)18-5-7-21(28)8-6-18/h3-10,13,23-24,28-29H,11-12,14-16H2,1-2H3,(H,25,26)/t23-/m0/s1. The number of nitrogens with one attached hydrogen (secondary N) is 2. The van der Waals surface area contributed by atoms with E-state index < -0.39 is 6.10 Å². The van der Waals surface area contributed by atoms with Crippen LogP contribution in [0, 0.1) is 0 Å². The summed E-state index contributed by atoms with van der Waals surface area (Å²) in [7, 11) is 3.51. The number of aromatic amines is 1. The quantitative estimate of drug-likeness (QED) is 0.261. The smallest absolute Gasteiger partial charge is 0.147 e. The largest absolute Gasteiger partial charge is 0.508 e. The average Bonchev–Trinajstić information content (AvgIpc) is 3.19. The lowest BCUT2D eigenvalue weighted by atomic mass is 10.1. The number of aromatic nitrogens is 2. The Morgan fingerprint density at radius 2 is 1.87 bits per heavy atom. The third-order valence-corrected chi connectivity index (χ3v) is 4.76. The zero-order valence-corrected chi connectivity index (χ0v) is 17.9. The van der Waals surface area contributed by atoms with E-state index in [1.54, 1.807) is 36.4 Å². The molecule has 0 fully saturated rings. The number of benzene rings is 2. The van der Waals surface area contributed by atoms with Crippen molar-refractivity contribution in [1.29, 1.82) is 0 Å². The molecule has 2 aromatic carbocycles. The summed E-state index contributed by atoms with van der Waals surface area (Å²) in [6.45, 7) is 2.26. The minimum absolute atomic E-state index is 0.194. The summed E-state index contributed by atoms with van der Waals surface area (Å²) in [5, 5.41) is 31.7. The third-order valence-electron chi connectivity index (χ3n) is 4.76. The molecule has 4 N–H and O–H groups in total. The number of nitrogens with zero attached hydrogens (tertiary/aromatic N) is 2. The minimum atomic E-state index is -0.604. The van der Waals surface area contributed by atoms with E-state index in [0.29, 0.717) is 19.7 Å². The molecule has 1 aromatic heterocycles. The van der Waals surface area contributed by atoms with Crippen molar-refractivity contribution < 1.29 is 19.8 Å². The summed E-state index contributed by atoms with van der Waals surface area (Å²) in [5.41, 5.74) is 3.77. The lowest BCUT2D eigenvalue weighted by molar-refractivity contribution is -0.0411. The summed E-state index contributed by atoms with van der Waals surface area (Å²) in [5.74, 6) is 0.957. The lowest BCUT2D eigenvalue weighted by Gasteiger charge is -2.17. The van der Waals surface area contributed by atoms with Crippen LogP contribution in [0.3, 0.4) is 0 Å². The number of ether oxygens (including phenoxy) is 1. The van der Waals surface area contributed by atoms with E-state index in [0.717, 1.165) is 35.7 Å². The van der Waals surface area contributed by atoms with Gasteiger partial charge in [0.15, 0.2) is 0 Å². The van der Waals surface area contributed by atoms with Crippen LogP contribution in [0.15, 0.2) is 54.6 Å². The molecule has 0 aliphatic heterocycles. The Labute approximate surface area is 182 Å². The van der Waals surface area contributed by atoms with Crippen molar-refractivity contribution in [2.45, 2.75) is 25.7 Å². The van der Waals surface area contributed by atoms with Crippen molar-refractivity contribution in [3.8, 4) is 11.5 Å². The molecule has 0 amide bonds. The van der Waals surface area contributed by atoms with Gasteiger partial charge in [-0.25, -0.2) is 0 Å². The highest BCUT2D eigenvalue weighted by Gasteiger charge is 2.08. The van der Waals surface area contributed by atoms with E-state index in [4.69, 9.17) is 9.57 Å². The second-order valence-corrected chi connectivity index (χ2v) is 7.40. The molecule has 8 heteroatoms. The molecule has 1 atom stereocenters. The molecule has 0 saturated heterocycles. The number of hydrogen-bond donors (Lipinski definition) is 4. The number of aliphatic hydroxyl groups excluding tert-OH is 1. The normalized spacial score (nSPS) is 12.3. The fourth-order valence-corrected chi connectivity index (χ4v) is 3.17. The van der Waals surface area contributed by atoms with Gasteiger partial charge in [-0.05, 0) is 54.4 Å². The fraction of sp³-hybridized carbons (Fsp3) is 0.348. The molecule has 166 valence electrons. The molecular formula is C23H30N4O4. The van der Waals surface area contributed by atoms with Crippen molar-refractivity contribution in [2.24, 2.45) is 0 Å². The van der Waals surface area contributed by atoms with Gasteiger partial charge < -0.3 is 25.1 Å². The Balaban J connectivity index is 1.37. The number of phenols is 1. The fourth-order valence-electron chi connectivity index (χ4n) is 3.17. The molecule has 0 bridgehead atoms. The van der Waals surface area contributed by atoms with Crippen molar-refractivity contribution >= 4 is 0 Å². The molecule has 0 saturated carbocycles. The molecule has 0 aliphatic rings. The maximum Gasteiger partial charge on any atom is 0.147 e. The number of aliphatic hydroxyl groups is 1. The van der Waals surface area contributed by atoms with Crippen molar-refractivity contribution in [3.05, 3.63) is 77.1 Å². The van der Waals surface area contributed by atoms with Gasteiger partial charge in [0.05, 0.1) is 30.6 Å². The molecule has 3 aromatic rings. The highest BCUT2D eigenvalue weighted by Crippen LogP contribution is 2.17. The van der Waals surface area contributed by atoms with Gasteiger partial charge in [0.25, 0.3) is 0 Å². The van der Waals surface area contributed by atoms with E-state index in [9.17, 15) is 10.2 Å². The molecule has 0 aliphatic carbocycles. The van der Waals surface area contributed by atoms with Gasteiger partial charge in [-0.1, -0.05) is 24.3 Å². The van der Waals surface area contributed by atoms with Crippen LogP contribution in [0.2, 0.25) is 0 Å². The Kier molecular flexibility index (Phi) is 8.43. The number of hydroxylamine groups is 2. The van der Waals surface area contributed by atoms with Crippen LogP contribution in [0.1, 0.15) is 28.6 Å². The Bertz CT molecular complexity index is 912. The summed E-state index contributed by atoms with van der Waals surface area (Å²) >= 11 is 0. The third kappa shape index (κ3) is 7.37. The van der Waals surface area contributed by atoms with Crippen LogP contribution in [0.4, 0.5) is 0 Å². The molecule has 8 nitrogen and oxygen atoms in total. The number of hydrogen-bond acceptors (Lipinski definition) is 7. The maximum atomic E-state index is 10.2. The number of rotatable bonds is 12. The van der Waals surface area contributed by atoms with Gasteiger partial charge in [-0.3, -0.25) is 5.10 Å². The monoisotopic (exact) mass is 426 g/mol. The van der Waals surface area contributed by atoms with Crippen LogP contribution in [-0.2, 0) is 24.3 Å². The zero-order chi connectivity index (χ0) is 22.1. The molecule has 0 spiro atoms. The van der Waals surface area contributed by atoms with Gasteiger partial charge in [0, 0.05) is 20.7 Å². The van der Waals surface area contributed by atoms with E-state index in [1.165, 1.54) is 5.56 Å². The Morgan fingerprint density at radius 1 is 1.13 bits per heavy atom. The van der Waals surface area contributed by atoms with Crippen molar-refractivity contribution in [2.75, 3.05) is 27.2 Å². The van der Waals surface area contributed by atoms with Crippen LogP contribution in [0.5, 0.6) is 11.5 Å². The number of phenolic OH excluding ortho intramolecular Hbond substituents is 1. The van der Waals surface area contributed by atoms with Crippen LogP contribution >= 0.6 is 0 Å². The number of aromatic hydroxyl groups is 1. The van der Waals surface area contributed by atoms with Gasteiger partial charge in [-0.2, -0.15) is 5.10 Å². The molecule has 0 radical (unpaired) electrons. The van der Waals surface area contributed by atoms with Gasteiger partial charge in [0.2, 0.25) is 0 Å². The van der Waals surface area contributed by atoms with Crippen LogP contribution < -0.4 is 10.2 Å². The first kappa shape index (κ1) is 22.8. The predicted molar refractivity (Wildman–Crippen MR) is 117 cm³/mol. The first-order chi connectivity index (χ1) is 15.0. The molecule has 3 rings (SSSR count). The second kappa shape index (κ2) is 11.5. The SMILES string of the molecule is COCc1cc(CN(C)Oc2ccc(CCNC[C@H](O)c3ccc(O)cc3)cc2)[nH]n1. The van der Waals surface area contributed by atoms with E-state index in [2.05, 4.69) is 15.5 Å². The molecular weight excluding hydrogens is 396 g/mol. The predicted octanol–water partition coefficient (Wildman–Crippen LogP) is 2.55. The highest BCUT2D eigenvalue weighted by atomic mass is 16.7. The second-order valence-electron chi connectivity index (χ2n) is 7.40. The Morgan fingerprint density at radius 3 is 2.58 bits per heavy atom.